The molecule has 1 N–H and O–H groups in total. The highest BCUT2D eigenvalue weighted by atomic mass is 32.2. The third-order valence-electron chi connectivity index (χ3n) is 5.04. The number of phenolic OH excluding ortho intramolecular Hbond substituents is 1. The van der Waals surface area contributed by atoms with Crippen molar-refractivity contribution in [2.75, 3.05) is 4.31 Å². The lowest BCUT2D eigenvalue weighted by atomic mass is 10.1. The zero-order valence-corrected chi connectivity index (χ0v) is 16.4. The smallest absolute Gasteiger partial charge is 0.270 e. The number of benzene rings is 3. The molecule has 8 heteroatoms. The number of carbonyl (C=O) groups is 1. The van der Waals surface area contributed by atoms with Gasteiger partial charge in [0.15, 0.2) is 0 Å². The van der Waals surface area contributed by atoms with Crippen LogP contribution >= 0.6 is 0 Å². The number of halogens is 2. The Kier molecular flexibility index (Phi) is 5.03. The molecule has 0 bridgehead atoms. The van der Waals surface area contributed by atoms with Crippen molar-refractivity contribution in [3.05, 3.63) is 90.0 Å². The fourth-order valence-corrected chi connectivity index (χ4v) is 4.96. The van der Waals surface area contributed by atoms with Gasteiger partial charge in [-0.3, -0.25) is 4.79 Å². The SMILES string of the molecule is O=C([C@@H]1C[C@@H]1c1c(F)cccc1F)N(c1ccc(O)cc1)S(=O)(=O)c1ccccc1. The summed E-state index contributed by atoms with van der Waals surface area (Å²) in [6, 6.07) is 16.0. The van der Waals surface area contributed by atoms with E-state index in [1.54, 1.807) is 6.07 Å². The van der Waals surface area contributed by atoms with E-state index in [-0.39, 0.29) is 28.3 Å². The fourth-order valence-electron chi connectivity index (χ4n) is 3.47. The number of rotatable bonds is 5. The molecule has 1 fully saturated rings. The van der Waals surface area contributed by atoms with Crippen LogP contribution in [-0.2, 0) is 14.8 Å². The Hall–Kier alpha value is -3.26. The van der Waals surface area contributed by atoms with E-state index in [1.807, 2.05) is 0 Å². The van der Waals surface area contributed by atoms with Crippen molar-refractivity contribution in [3.63, 3.8) is 0 Å². The van der Waals surface area contributed by atoms with Gasteiger partial charge in [0, 0.05) is 17.4 Å². The van der Waals surface area contributed by atoms with Crippen molar-refractivity contribution in [2.45, 2.75) is 17.2 Å². The van der Waals surface area contributed by atoms with Crippen LogP contribution in [0.25, 0.3) is 0 Å². The Morgan fingerprint density at radius 1 is 0.900 bits per heavy atom. The molecule has 4 rings (SSSR count). The third kappa shape index (κ3) is 3.54. The summed E-state index contributed by atoms with van der Waals surface area (Å²) in [6.07, 6.45) is 0.135. The molecular weight excluding hydrogens is 412 g/mol. The summed E-state index contributed by atoms with van der Waals surface area (Å²) in [5.74, 6) is -4.04. The van der Waals surface area contributed by atoms with Crippen LogP contribution in [0.4, 0.5) is 14.5 Å². The second-order valence-electron chi connectivity index (χ2n) is 7.02. The Balaban J connectivity index is 1.74. The quantitative estimate of drug-likeness (QED) is 0.660. The molecule has 2 atom stereocenters. The maximum absolute atomic E-state index is 14.1. The third-order valence-corrected chi connectivity index (χ3v) is 6.78. The molecule has 5 nitrogen and oxygen atoms in total. The Morgan fingerprint density at radius 2 is 1.50 bits per heavy atom. The summed E-state index contributed by atoms with van der Waals surface area (Å²) in [4.78, 5) is 13.2. The van der Waals surface area contributed by atoms with E-state index in [0.29, 0.717) is 4.31 Å². The number of amides is 1. The van der Waals surface area contributed by atoms with Gasteiger partial charge >= 0.3 is 0 Å². The number of hydrogen-bond donors (Lipinski definition) is 1. The second kappa shape index (κ2) is 7.53. The van der Waals surface area contributed by atoms with Crippen LogP contribution in [0.15, 0.2) is 77.7 Å². The summed E-state index contributed by atoms with van der Waals surface area (Å²) < 4.78 is 55.4. The van der Waals surface area contributed by atoms with E-state index in [9.17, 15) is 27.1 Å². The second-order valence-corrected chi connectivity index (χ2v) is 8.81. The zero-order chi connectivity index (χ0) is 21.5. The lowest BCUT2D eigenvalue weighted by Crippen LogP contribution is -2.38. The van der Waals surface area contributed by atoms with Gasteiger partial charge in [-0.05, 0) is 55.0 Å². The van der Waals surface area contributed by atoms with Gasteiger partial charge in [-0.15, -0.1) is 0 Å². The lowest BCUT2D eigenvalue weighted by molar-refractivity contribution is -0.118. The van der Waals surface area contributed by atoms with Crippen molar-refractivity contribution >= 4 is 21.6 Å². The molecule has 0 spiro atoms. The van der Waals surface area contributed by atoms with Crippen LogP contribution in [0.3, 0.4) is 0 Å². The summed E-state index contributed by atoms with van der Waals surface area (Å²) in [7, 11) is -4.28. The number of sulfonamides is 1. The van der Waals surface area contributed by atoms with E-state index >= 15 is 0 Å². The molecule has 3 aromatic carbocycles. The van der Waals surface area contributed by atoms with Crippen molar-refractivity contribution in [2.24, 2.45) is 5.92 Å². The van der Waals surface area contributed by atoms with Crippen LogP contribution in [0.2, 0.25) is 0 Å². The number of aromatic hydroxyl groups is 1. The average molecular weight is 429 g/mol. The minimum absolute atomic E-state index is 0.0290. The predicted octanol–water partition coefficient (Wildman–Crippen LogP) is 4.20. The lowest BCUT2D eigenvalue weighted by Gasteiger charge is -2.23. The molecule has 0 aromatic heterocycles. The van der Waals surface area contributed by atoms with Crippen LogP contribution < -0.4 is 4.31 Å². The number of anilines is 1. The standard InChI is InChI=1S/C22H17F2NO4S/c23-19-7-4-8-20(24)21(19)17-13-18(17)22(27)25(14-9-11-15(26)12-10-14)30(28,29)16-5-2-1-3-6-16/h1-12,17-18,26H,13H2/t17-,18+/m0/s1. The molecular formula is C22H17F2NO4S. The molecule has 0 saturated heterocycles. The monoisotopic (exact) mass is 429 g/mol. The first-order valence-electron chi connectivity index (χ1n) is 9.18. The highest BCUT2D eigenvalue weighted by Crippen LogP contribution is 2.51. The Morgan fingerprint density at radius 3 is 2.10 bits per heavy atom. The van der Waals surface area contributed by atoms with Crippen molar-refractivity contribution in [1.29, 1.82) is 0 Å². The van der Waals surface area contributed by atoms with Gasteiger partial charge in [0.2, 0.25) is 5.91 Å². The minimum atomic E-state index is -4.28. The topological polar surface area (TPSA) is 74.7 Å². The summed E-state index contributed by atoms with van der Waals surface area (Å²) in [5, 5.41) is 9.53. The van der Waals surface area contributed by atoms with Crippen LogP contribution in [0.1, 0.15) is 17.9 Å². The van der Waals surface area contributed by atoms with E-state index < -0.39 is 39.4 Å². The van der Waals surface area contributed by atoms with Crippen LogP contribution in [0.5, 0.6) is 5.75 Å². The largest absolute Gasteiger partial charge is 0.508 e. The van der Waals surface area contributed by atoms with Crippen molar-refractivity contribution in [1.82, 2.24) is 0 Å². The molecule has 1 aliphatic rings. The fraction of sp³-hybridized carbons (Fsp3) is 0.136. The first-order chi connectivity index (χ1) is 14.3. The van der Waals surface area contributed by atoms with Crippen LogP contribution in [-0.4, -0.2) is 19.4 Å². The van der Waals surface area contributed by atoms with Gasteiger partial charge in [0.1, 0.15) is 17.4 Å². The molecule has 1 aliphatic carbocycles. The molecule has 1 saturated carbocycles. The van der Waals surface area contributed by atoms with Crippen molar-refractivity contribution in [3.8, 4) is 5.75 Å². The normalized spacial score (nSPS) is 18.1. The number of carbonyl (C=O) groups excluding carboxylic acids is 1. The van der Waals surface area contributed by atoms with Crippen LogP contribution in [0, 0.1) is 17.6 Å². The first-order valence-corrected chi connectivity index (χ1v) is 10.6. The Labute approximate surface area is 172 Å². The molecule has 0 unspecified atom stereocenters. The van der Waals surface area contributed by atoms with E-state index in [4.69, 9.17) is 0 Å². The molecule has 0 heterocycles. The zero-order valence-electron chi connectivity index (χ0n) is 15.6. The van der Waals surface area contributed by atoms with Crippen molar-refractivity contribution < 1.29 is 27.1 Å². The van der Waals surface area contributed by atoms with Gasteiger partial charge in [0.25, 0.3) is 10.0 Å². The highest BCUT2D eigenvalue weighted by molar-refractivity contribution is 7.93. The van der Waals surface area contributed by atoms with Gasteiger partial charge in [-0.1, -0.05) is 24.3 Å². The predicted molar refractivity (Wildman–Crippen MR) is 106 cm³/mol. The van der Waals surface area contributed by atoms with E-state index in [2.05, 4.69) is 0 Å². The summed E-state index contributed by atoms with van der Waals surface area (Å²) in [5.41, 5.74) is -0.181. The number of phenols is 1. The molecule has 1 amide bonds. The highest BCUT2D eigenvalue weighted by Gasteiger charge is 2.50. The van der Waals surface area contributed by atoms with Gasteiger partial charge < -0.3 is 5.11 Å². The Bertz CT molecular complexity index is 1180. The van der Waals surface area contributed by atoms with Gasteiger partial charge in [-0.2, -0.15) is 0 Å². The number of hydrogen-bond acceptors (Lipinski definition) is 4. The van der Waals surface area contributed by atoms with E-state index in [1.165, 1.54) is 54.6 Å². The average Bonchev–Trinajstić information content (AvgIpc) is 3.50. The maximum Gasteiger partial charge on any atom is 0.270 e. The summed E-state index contributed by atoms with van der Waals surface area (Å²) >= 11 is 0. The summed E-state index contributed by atoms with van der Waals surface area (Å²) in [6.45, 7) is 0. The van der Waals surface area contributed by atoms with E-state index in [0.717, 1.165) is 12.1 Å². The maximum atomic E-state index is 14.1. The first kappa shape index (κ1) is 20.0. The molecule has 0 aliphatic heterocycles. The molecule has 154 valence electrons. The van der Waals surface area contributed by atoms with Gasteiger partial charge in [0.05, 0.1) is 10.6 Å². The minimum Gasteiger partial charge on any atom is -0.508 e. The molecule has 3 aromatic rings. The molecule has 0 radical (unpaired) electrons. The molecule has 30 heavy (non-hydrogen) atoms. The number of nitrogens with zero attached hydrogens (tertiary/aromatic N) is 1. The van der Waals surface area contributed by atoms with Gasteiger partial charge in [-0.25, -0.2) is 21.5 Å².